The molecule has 0 aliphatic rings. The lowest BCUT2D eigenvalue weighted by Crippen LogP contribution is -2.26. The molecule has 0 N–H and O–H groups in total. The molecule has 0 saturated carbocycles. The average Bonchev–Trinajstić information content (AvgIpc) is 2.76. The van der Waals surface area contributed by atoms with Crippen LogP contribution in [-0.2, 0) is 14.3 Å². The Kier molecular flexibility index (Phi) is 4.96. The van der Waals surface area contributed by atoms with E-state index >= 15 is 0 Å². The van der Waals surface area contributed by atoms with E-state index in [1.807, 2.05) is 0 Å². The van der Waals surface area contributed by atoms with E-state index in [9.17, 15) is 9.59 Å². The first-order valence-electron chi connectivity index (χ1n) is 5.09. The normalized spacial score (nSPS) is 11.7. The topological polar surface area (TPSA) is 61.8 Å². The molecule has 1 rings (SSSR count). The van der Waals surface area contributed by atoms with E-state index in [1.54, 1.807) is 25.3 Å². The Labute approximate surface area is 103 Å². The van der Waals surface area contributed by atoms with Gasteiger partial charge in [-0.15, -0.1) is 11.3 Å². The second-order valence-electron chi connectivity index (χ2n) is 3.12. The molecule has 6 heteroatoms. The second-order valence-corrected chi connectivity index (χ2v) is 4.03. The van der Waals surface area contributed by atoms with Crippen molar-refractivity contribution < 1.29 is 23.8 Å². The minimum atomic E-state index is -0.757. The quantitative estimate of drug-likeness (QED) is 0.754. The summed E-state index contributed by atoms with van der Waals surface area (Å²) >= 11 is 1.20. The predicted octanol–water partition coefficient (Wildman–Crippen LogP) is 1.87. The molecule has 1 atom stereocenters. The van der Waals surface area contributed by atoms with E-state index in [1.165, 1.54) is 18.4 Å². The van der Waals surface area contributed by atoms with Gasteiger partial charge in [0.15, 0.2) is 11.0 Å². The monoisotopic (exact) mass is 258 g/mol. The number of hydrogen-bond acceptors (Lipinski definition) is 6. The zero-order chi connectivity index (χ0) is 12.8. The molecule has 0 amide bonds. The zero-order valence-corrected chi connectivity index (χ0v) is 10.7. The van der Waals surface area contributed by atoms with E-state index in [0.717, 1.165) is 0 Å². The number of methoxy groups -OCH3 is 1. The van der Waals surface area contributed by atoms with Gasteiger partial charge in [0.2, 0.25) is 0 Å². The van der Waals surface area contributed by atoms with Crippen molar-refractivity contribution in [3.63, 3.8) is 0 Å². The van der Waals surface area contributed by atoms with Crippen LogP contribution in [-0.4, -0.2) is 31.8 Å². The number of rotatable bonds is 5. The highest BCUT2D eigenvalue weighted by Crippen LogP contribution is 2.26. The van der Waals surface area contributed by atoms with Gasteiger partial charge in [-0.05, 0) is 25.3 Å². The lowest BCUT2D eigenvalue weighted by molar-refractivity contribution is -0.150. The predicted molar refractivity (Wildman–Crippen MR) is 62.4 cm³/mol. The highest BCUT2D eigenvalue weighted by atomic mass is 32.1. The lowest BCUT2D eigenvalue weighted by atomic mass is 10.4. The van der Waals surface area contributed by atoms with Crippen LogP contribution in [0.15, 0.2) is 11.4 Å². The van der Waals surface area contributed by atoms with Crippen LogP contribution in [0.1, 0.15) is 23.5 Å². The summed E-state index contributed by atoms with van der Waals surface area (Å²) in [5.74, 6) is -0.608. The summed E-state index contributed by atoms with van der Waals surface area (Å²) in [6, 6.07) is 1.62. The summed E-state index contributed by atoms with van der Waals surface area (Å²) in [6.45, 7) is 3.58. The standard InChI is InChI=1S/C11H14O5S/c1-4-15-10(12)7(2)16-8-5-6-17-9(8)11(13)14-3/h5-7H,4H2,1-3H3/t7-/m0/s1. The Balaban J connectivity index is 2.71. The van der Waals surface area contributed by atoms with Crippen LogP contribution in [0.3, 0.4) is 0 Å². The molecule has 0 saturated heterocycles. The molecule has 17 heavy (non-hydrogen) atoms. The number of hydrogen-bond donors (Lipinski definition) is 0. The summed E-state index contributed by atoms with van der Waals surface area (Å²) < 4.78 is 14.8. The van der Waals surface area contributed by atoms with Crippen LogP contribution in [0.5, 0.6) is 5.75 Å². The van der Waals surface area contributed by atoms with Gasteiger partial charge in [0, 0.05) is 0 Å². The average molecular weight is 258 g/mol. The van der Waals surface area contributed by atoms with E-state index in [0.29, 0.717) is 17.2 Å². The molecule has 0 radical (unpaired) electrons. The minimum absolute atomic E-state index is 0.292. The largest absolute Gasteiger partial charge is 0.477 e. The Bertz CT molecular complexity index is 398. The fourth-order valence-corrected chi connectivity index (χ4v) is 1.87. The third-order valence-corrected chi connectivity index (χ3v) is 2.80. The van der Waals surface area contributed by atoms with Gasteiger partial charge in [0.05, 0.1) is 13.7 Å². The first kappa shape index (κ1) is 13.5. The first-order valence-corrected chi connectivity index (χ1v) is 5.97. The fraction of sp³-hybridized carbons (Fsp3) is 0.455. The van der Waals surface area contributed by atoms with Gasteiger partial charge in [0.25, 0.3) is 0 Å². The van der Waals surface area contributed by atoms with Gasteiger partial charge in [0.1, 0.15) is 5.75 Å². The maximum absolute atomic E-state index is 11.4. The SMILES string of the molecule is CCOC(=O)[C@H](C)Oc1ccsc1C(=O)OC. The van der Waals surface area contributed by atoms with Crippen LogP contribution in [0.25, 0.3) is 0 Å². The molecule has 1 aromatic rings. The van der Waals surface area contributed by atoms with Gasteiger partial charge in [-0.3, -0.25) is 0 Å². The maximum atomic E-state index is 11.4. The number of ether oxygens (including phenoxy) is 3. The molecule has 0 unspecified atom stereocenters. The summed E-state index contributed by atoms with van der Waals surface area (Å²) in [6.07, 6.45) is -0.757. The van der Waals surface area contributed by atoms with Crippen molar-refractivity contribution in [3.05, 3.63) is 16.3 Å². The van der Waals surface area contributed by atoms with E-state index in [2.05, 4.69) is 4.74 Å². The van der Waals surface area contributed by atoms with Crippen LogP contribution in [0.2, 0.25) is 0 Å². The number of esters is 2. The van der Waals surface area contributed by atoms with E-state index < -0.39 is 18.0 Å². The van der Waals surface area contributed by atoms with E-state index in [4.69, 9.17) is 9.47 Å². The van der Waals surface area contributed by atoms with Gasteiger partial charge in [-0.25, -0.2) is 9.59 Å². The molecular formula is C11H14O5S. The van der Waals surface area contributed by atoms with Crippen molar-refractivity contribution in [3.8, 4) is 5.75 Å². The van der Waals surface area contributed by atoms with Gasteiger partial charge in [-0.1, -0.05) is 0 Å². The molecule has 0 aromatic carbocycles. The molecule has 5 nitrogen and oxygen atoms in total. The second kappa shape index (κ2) is 6.24. The number of thiophene rings is 1. The van der Waals surface area contributed by atoms with Crippen molar-refractivity contribution in [2.24, 2.45) is 0 Å². The molecule has 0 bridgehead atoms. The summed E-state index contributed by atoms with van der Waals surface area (Å²) in [5, 5.41) is 1.69. The van der Waals surface area contributed by atoms with Gasteiger partial charge >= 0.3 is 11.9 Å². The van der Waals surface area contributed by atoms with Gasteiger partial charge in [-0.2, -0.15) is 0 Å². The Hall–Kier alpha value is -1.56. The summed E-state index contributed by atoms with van der Waals surface area (Å²) in [5.41, 5.74) is 0. The van der Waals surface area contributed by atoms with Crippen molar-refractivity contribution in [1.29, 1.82) is 0 Å². The van der Waals surface area contributed by atoms with Crippen molar-refractivity contribution in [1.82, 2.24) is 0 Å². The molecule has 1 heterocycles. The molecule has 94 valence electrons. The summed E-state index contributed by atoms with van der Waals surface area (Å²) in [4.78, 5) is 23.1. The van der Waals surface area contributed by atoms with Crippen molar-refractivity contribution >= 4 is 23.3 Å². The first-order chi connectivity index (χ1) is 8.10. The Morgan fingerprint density at radius 2 is 2.18 bits per heavy atom. The van der Waals surface area contributed by atoms with Crippen LogP contribution in [0.4, 0.5) is 0 Å². The highest BCUT2D eigenvalue weighted by Gasteiger charge is 2.21. The van der Waals surface area contributed by atoms with Crippen molar-refractivity contribution in [2.45, 2.75) is 20.0 Å². The molecule has 0 spiro atoms. The number of carbonyl (C=O) groups excluding carboxylic acids is 2. The molecule has 0 aliphatic carbocycles. The van der Waals surface area contributed by atoms with Crippen molar-refractivity contribution in [2.75, 3.05) is 13.7 Å². The third kappa shape index (κ3) is 3.45. The van der Waals surface area contributed by atoms with Crippen LogP contribution in [0, 0.1) is 0 Å². The summed E-state index contributed by atoms with van der Waals surface area (Å²) in [7, 11) is 1.29. The maximum Gasteiger partial charge on any atom is 0.351 e. The van der Waals surface area contributed by atoms with Crippen LogP contribution < -0.4 is 4.74 Å². The molecular weight excluding hydrogens is 244 g/mol. The fourth-order valence-electron chi connectivity index (χ4n) is 1.13. The highest BCUT2D eigenvalue weighted by molar-refractivity contribution is 7.12. The Morgan fingerprint density at radius 3 is 2.76 bits per heavy atom. The van der Waals surface area contributed by atoms with E-state index in [-0.39, 0.29) is 0 Å². The zero-order valence-electron chi connectivity index (χ0n) is 9.89. The third-order valence-electron chi connectivity index (χ3n) is 1.92. The number of carbonyl (C=O) groups is 2. The Morgan fingerprint density at radius 1 is 1.47 bits per heavy atom. The smallest absolute Gasteiger partial charge is 0.351 e. The molecule has 0 fully saturated rings. The molecule has 0 aliphatic heterocycles. The minimum Gasteiger partial charge on any atom is -0.477 e. The molecule has 1 aromatic heterocycles. The van der Waals surface area contributed by atoms with Gasteiger partial charge < -0.3 is 14.2 Å². The van der Waals surface area contributed by atoms with Crippen LogP contribution >= 0.6 is 11.3 Å². The lowest BCUT2D eigenvalue weighted by Gasteiger charge is -2.12.